The van der Waals surface area contributed by atoms with E-state index in [1.165, 1.54) is 9.36 Å². The van der Waals surface area contributed by atoms with Crippen LogP contribution in [0.25, 0.3) is 16.9 Å². The lowest BCUT2D eigenvalue weighted by molar-refractivity contribution is 0.305. The lowest BCUT2D eigenvalue weighted by Crippen LogP contribution is -2.23. The Hall–Kier alpha value is -3.74. The second-order valence-corrected chi connectivity index (χ2v) is 6.85. The molecule has 2 heterocycles. The van der Waals surface area contributed by atoms with Crippen molar-refractivity contribution in [3.63, 3.8) is 0 Å². The van der Waals surface area contributed by atoms with Gasteiger partial charge in [0.2, 0.25) is 0 Å². The van der Waals surface area contributed by atoms with Gasteiger partial charge in [0.05, 0.1) is 11.4 Å². The van der Waals surface area contributed by atoms with Gasteiger partial charge in [-0.1, -0.05) is 18.2 Å². The van der Waals surface area contributed by atoms with Gasteiger partial charge in [0, 0.05) is 23.9 Å². The highest BCUT2D eigenvalue weighted by Gasteiger charge is 2.13. The summed E-state index contributed by atoms with van der Waals surface area (Å²) in [5.74, 6) is 0.738. The van der Waals surface area contributed by atoms with E-state index in [0.29, 0.717) is 12.3 Å². The highest BCUT2D eigenvalue weighted by molar-refractivity contribution is 5.60. The number of pyridine rings is 1. The Morgan fingerprint density at radius 3 is 2.38 bits per heavy atom. The second-order valence-electron chi connectivity index (χ2n) is 6.85. The van der Waals surface area contributed by atoms with E-state index < -0.39 is 0 Å². The number of hydrogen-bond acceptors (Lipinski definition) is 5. The van der Waals surface area contributed by atoms with Gasteiger partial charge in [-0.15, -0.1) is 0 Å². The van der Waals surface area contributed by atoms with E-state index in [1.54, 1.807) is 7.05 Å². The Morgan fingerprint density at radius 2 is 1.69 bits per heavy atom. The zero-order chi connectivity index (χ0) is 20.4. The van der Waals surface area contributed by atoms with E-state index in [0.717, 1.165) is 33.8 Å². The third kappa shape index (κ3) is 3.80. The minimum Gasteiger partial charge on any atom is -0.489 e. The maximum atomic E-state index is 12.3. The van der Waals surface area contributed by atoms with Gasteiger partial charge < -0.3 is 4.74 Å². The average Bonchev–Trinajstić information content (AvgIpc) is 3.06. The first-order valence-corrected chi connectivity index (χ1v) is 9.28. The average molecular weight is 387 g/mol. The second kappa shape index (κ2) is 7.71. The molecule has 0 saturated carbocycles. The molecule has 7 heteroatoms. The first-order chi connectivity index (χ1) is 14.0. The fourth-order valence-corrected chi connectivity index (χ4v) is 3.12. The third-order valence-corrected chi connectivity index (χ3v) is 4.76. The molecule has 0 N–H and O–H groups in total. The Balaban J connectivity index is 1.57. The van der Waals surface area contributed by atoms with Crippen LogP contribution in [0.4, 0.5) is 0 Å². The van der Waals surface area contributed by atoms with Crippen LogP contribution in [-0.4, -0.2) is 24.8 Å². The lowest BCUT2D eigenvalue weighted by atomic mass is 10.1. The number of aromatic nitrogens is 5. The zero-order valence-corrected chi connectivity index (χ0v) is 16.5. The molecule has 0 radical (unpaired) electrons. The summed E-state index contributed by atoms with van der Waals surface area (Å²) in [7, 11) is 1.57. The molecule has 2 aromatic carbocycles. The van der Waals surface area contributed by atoms with Crippen molar-refractivity contribution in [1.29, 1.82) is 0 Å². The molecule has 2 aromatic heterocycles. The van der Waals surface area contributed by atoms with Crippen LogP contribution >= 0.6 is 0 Å². The van der Waals surface area contributed by atoms with E-state index in [-0.39, 0.29) is 5.69 Å². The van der Waals surface area contributed by atoms with Gasteiger partial charge >= 0.3 is 5.69 Å². The fourth-order valence-electron chi connectivity index (χ4n) is 3.12. The number of nitrogens with zero attached hydrogens (tertiary/aromatic N) is 5. The van der Waals surface area contributed by atoms with Crippen molar-refractivity contribution in [2.75, 3.05) is 0 Å². The number of benzene rings is 2. The summed E-state index contributed by atoms with van der Waals surface area (Å²) in [5.41, 5.74) is 5.22. The molecule has 0 saturated heterocycles. The van der Waals surface area contributed by atoms with Crippen molar-refractivity contribution in [2.45, 2.75) is 20.5 Å². The van der Waals surface area contributed by atoms with Crippen LogP contribution in [-0.2, 0) is 13.7 Å². The summed E-state index contributed by atoms with van der Waals surface area (Å²) in [6.45, 7) is 4.27. The van der Waals surface area contributed by atoms with E-state index in [4.69, 9.17) is 4.74 Å². The number of tetrazole rings is 1. The van der Waals surface area contributed by atoms with Crippen LogP contribution in [0.2, 0.25) is 0 Å². The van der Waals surface area contributed by atoms with Crippen LogP contribution in [0, 0.1) is 13.8 Å². The zero-order valence-electron chi connectivity index (χ0n) is 16.5. The third-order valence-electron chi connectivity index (χ3n) is 4.76. The summed E-state index contributed by atoms with van der Waals surface area (Å²) in [6.07, 6.45) is 0. The maximum Gasteiger partial charge on any atom is 0.368 e. The van der Waals surface area contributed by atoms with Crippen molar-refractivity contribution in [2.24, 2.45) is 7.05 Å². The Kier molecular flexibility index (Phi) is 4.95. The van der Waals surface area contributed by atoms with Crippen molar-refractivity contribution < 1.29 is 4.74 Å². The van der Waals surface area contributed by atoms with E-state index in [9.17, 15) is 4.79 Å². The van der Waals surface area contributed by atoms with E-state index in [2.05, 4.69) is 15.4 Å². The lowest BCUT2D eigenvalue weighted by Gasteiger charge is -2.13. The molecule has 29 heavy (non-hydrogen) atoms. The minimum absolute atomic E-state index is 0.299. The van der Waals surface area contributed by atoms with E-state index >= 15 is 0 Å². The van der Waals surface area contributed by atoms with Gasteiger partial charge in [-0.25, -0.2) is 4.79 Å². The Labute approximate surface area is 168 Å². The van der Waals surface area contributed by atoms with Crippen LogP contribution in [0.5, 0.6) is 5.75 Å². The van der Waals surface area contributed by atoms with E-state index in [1.807, 2.05) is 74.5 Å². The van der Waals surface area contributed by atoms with Crippen molar-refractivity contribution >= 4 is 0 Å². The minimum atomic E-state index is -0.299. The Bertz CT molecular complexity index is 1210. The smallest absolute Gasteiger partial charge is 0.368 e. The van der Waals surface area contributed by atoms with Gasteiger partial charge in [0.1, 0.15) is 12.4 Å². The molecule has 4 rings (SSSR count). The summed E-state index contributed by atoms with van der Waals surface area (Å²) >= 11 is 0. The molecule has 0 unspecified atom stereocenters. The van der Waals surface area contributed by atoms with Gasteiger partial charge in [0.15, 0.2) is 0 Å². The molecule has 0 fully saturated rings. The molecular formula is C22H21N5O2. The highest BCUT2D eigenvalue weighted by atomic mass is 16.5. The van der Waals surface area contributed by atoms with Crippen molar-refractivity contribution in [1.82, 2.24) is 24.8 Å². The number of aryl methyl sites for hydroxylation is 3. The predicted molar refractivity (Wildman–Crippen MR) is 110 cm³/mol. The number of ether oxygens (including phenoxy) is 1. The molecule has 0 aliphatic heterocycles. The van der Waals surface area contributed by atoms with Gasteiger partial charge in [-0.3, -0.25) is 4.98 Å². The summed E-state index contributed by atoms with van der Waals surface area (Å²) < 4.78 is 8.49. The summed E-state index contributed by atoms with van der Waals surface area (Å²) in [6, 6.07) is 19.5. The van der Waals surface area contributed by atoms with Gasteiger partial charge in [-0.05, 0) is 72.3 Å². The predicted octanol–water partition coefficient (Wildman–Crippen LogP) is 3.22. The largest absolute Gasteiger partial charge is 0.489 e. The maximum absolute atomic E-state index is 12.3. The molecular weight excluding hydrogens is 366 g/mol. The van der Waals surface area contributed by atoms with Gasteiger partial charge in [-0.2, -0.15) is 9.36 Å². The topological polar surface area (TPSA) is 74.8 Å². The molecule has 0 aliphatic carbocycles. The molecule has 0 atom stereocenters. The normalized spacial score (nSPS) is 10.9. The van der Waals surface area contributed by atoms with Crippen molar-refractivity contribution in [3.05, 3.63) is 88.0 Å². The summed E-state index contributed by atoms with van der Waals surface area (Å²) in [4.78, 5) is 16.8. The number of hydrogen-bond donors (Lipinski definition) is 0. The Morgan fingerprint density at radius 1 is 0.931 bits per heavy atom. The molecule has 0 amide bonds. The molecule has 146 valence electrons. The molecule has 7 nitrogen and oxygen atoms in total. The first-order valence-electron chi connectivity index (χ1n) is 9.28. The number of rotatable bonds is 5. The van der Waals surface area contributed by atoms with Crippen LogP contribution in [0.3, 0.4) is 0 Å². The van der Waals surface area contributed by atoms with Crippen LogP contribution in [0.15, 0.2) is 65.5 Å². The van der Waals surface area contributed by atoms with Crippen LogP contribution in [0.1, 0.15) is 16.8 Å². The highest BCUT2D eigenvalue weighted by Crippen LogP contribution is 2.23. The van der Waals surface area contributed by atoms with Crippen LogP contribution < -0.4 is 10.4 Å². The quantitative estimate of drug-likeness (QED) is 0.526. The standard InChI is InChI=1S/C22H21N5O2/c1-15-6-4-9-21(27-22(28)26(3)24-25-27)19(15)14-29-18-12-10-17(11-13-18)20-8-5-7-16(2)23-20/h4-13H,14H2,1-3H3. The molecule has 4 aromatic rings. The molecule has 0 aliphatic rings. The SMILES string of the molecule is Cc1cccc(-c2ccc(OCc3c(C)cccc3-n3nnn(C)c3=O)cc2)n1. The summed E-state index contributed by atoms with van der Waals surface area (Å²) in [5, 5.41) is 7.75. The fraction of sp³-hybridized carbons (Fsp3) is 0.182. The van der Waals surface area contributed by atoms with Crippen molar-refractivity contribution in [3.8, 4) is 22.7 Å². The molecule has 0 spiro atoms. The first kappa shape index (κ1) is 18.6. The van der Waals surface area contributed by atoms with Gasteiger partial charge in [0.25, 0.3) is 0 Å². The monoisotopic (exact) mass is 387 g/mol. The molecule has 0 bridgehead atoms.